The maximum Gasteiger partial charge on any atom is 0.251 e. The van der Waals surface area contributed by atoms with Crippen molar-refractivity contribution < 1.29 is 14.3 Å². The van der Waals surface area contributed by atoms with Crippen molar-refractivity contribution in [3.05, 3.63) is 23.0 Å². The molecule has 2 aromatic rings. The molecule has 0 unspecified atom stereocenters. The van der Waals surface area contributed by atoms with E-state index in [-0.39, 0.29) is 11.8 Å². The minimum atomic E-state index is -0.000300. The number of para-hydroxylation sites is 1. The lowest BCUT2D eigenvalue weighted by atomic mass is 10.3. The summed E-state index contributed by atoms with van der Waals surface area (Å²) in [4.78, 5) is 17.2. The number of amides is 1. The van der Waals surface area contributed by atoms with Crippen molar-refractivity contribution in [1.29, 1.82) is 0 Å². The van der Waals surface area contributed by atoms with Gasteiger partial charge >= 0.3 is 0 Å². The van der Waals surface area contributed by atoms with Gasteiger partial charge in [0.15, 0.2) is 4.80 Å². The number of carbonyl (C=O) groups excluding carboxylic acids is 1. The Bertz CT molecular complexity index is 759. The smallest absolute Gasteiger partial charge is 0.251 e. The number of hydrogen-bond acceptors (Lipinski definition) is 4. The molecular formula is C17H22N2O3S. The second-order valence-electron chi connectivity index (χ2n) is 5.49. The quantitative estimate of drug-likeness (QED) is 0.732. The third-order valence-electron chi connectivity index (χ3n) is 3.76. The fourth-order valence-electron chi connectivity index (χ4n) is 2.48. The van der Waals surface area contributed by atoms with Gasteiger partial charge in [0.05, 0.1) is 17.9 Å². The summed E-state index contributed by atoms with van der Waals surface area (Å²) in [5.74, 6) is 0.963. The van der Waals surface area contributed by atoms with E-state index in [0.29, 0.717) is 26.4 Å². The summed E-state index contributed by atoms with van der Waals surface area (Å²) < 4.78 is 14.4. The number of nitrogens with zero attached hydrogens (tertiary/aromatic N) is 2. The molecule has 6 heteroatoms. The molecule has 1 aromatic carbocycles. The average molecular weight is 334 g/mol. The van der Waals surface area contributed by atoms with Gasteiger partial charge in [-0.2, -0.15) is 4.99 Å². The van der Waals surface area contributed by atoms with Crippen molar-refractivity contribution in [3.63, 3.8) is 0 Å². The molecule has 1 fully saturated rings. The van der Waals surface area contributed by atoms with Gasteiger partial charge in [-0.05, 0) is 38.8 Å². The van der Waals surface area contributed by atoms with Crippen molar-refractivity contribution in [2.24, 2.45) is 10.9 Å². The molecule has 0 aliphatic heterocycles. The largest absolute Gasteiger partial charge is 0.492 e. The van der Waals surface area contributed by atoms with Crippen LogP contribution in [0, 0.1) is 5.92 Å². The molecular weight excluding hydrogens is 312 g/mol. The molecule has 124 valence electrons. The van der Waals surface area contributed by atoms with E-state index < -0.39 is 0 Å². The van der Waals surface area contributed by atoms with E-state index in [9.17, 15) is 4.79 Å². The Hall–Kier alpha value is -1.66. The van der Waals surface area contributed by atoms with Gasteiger partial charge in [-0.3, -0.25) is 4.79 Å². The fourth-order valence-corrected chi connectivity index (χ4v) is 3.56. The van der Waals surface area contributed by atoms with Crippen molar-refractivity contribution in [2.45, 2.75) is 33.2 Å². The van der Waals surface area contributed by atoms with Crippen LogP contribution in [0.25, 0.3) is 10.2 Å². The zero-order chi connectivity index (χ0) is 16.2. The Balaban J connectivity index is 2.08. The van der Waals surface area contributed by atoms with Crippen molar-refractivity contribution in [1.82, 2.24) is 4.57 Å². The molecule has 0 saturated heterocycles. The molecule has 1 aliphatic rings. The second-order valence-corrected chi connectivity index (χ2v) is 6.50. The van der Waals surface area contributed by atoms with E-state index in [0.717, 1.165) is 33.6 Å². The summed E-state index contributed by atoms with van der Waals surface area (Å²) >= 11 is 1.54. The lowest BCUT2D eigenvalue weighted by molar-refractivity contribution is -0.119. The number of fused-ring (bicyclic) bond motifs is 1. The SMILES string of the molecule is CCOCCn1c(=NC(=O)C2CC2)sc2cccc(OCC)c21. The van der Waals surface area contributed by atoms with E-state index >= 15 is 0 Å². The van der Waals surface area contributed by atoms with Crippen LogP contribution < -0.4 is 9.54 Å². The number of carbonyl (C=O) groups is 1. The molecule has 0 radical (unpaired) electrons. The monoisotopic (exact) mass is 334 g/mol. The Kier molecular flexibility index (Phi) is 5.13. The minimum Gasteiger partial charge on any atom is -0.492 e. The maximum atomic E-state index is 12.1. The molecule has 0 bridgehead atoms. The van der Waals surface area contributed by atoms with Gasteiger partial charge in [0.2, 0.25) is 0 Å². The number of rotatable bonds is 7. The van der Waals surface area contributed by atoms with Crippen molar-refractivity contribution >= 4 is 27.5 Å². The summed E-state index contributed by atoms with van der Waals surface area (Å²) in [7, 11) is 0. The first kappa shape index (κ1) is 16.2. The lowest BCUT2D eigenvalue weighted by Crippen LogP contribution is -2.20. The highest BCUT2D eigenvalue weighted by molar-refractivity contribution is 7.16. The normalized spacial score (nSPS) is 15.3. The summed E-state index contributed by atoms with van der Waals surface area (Å²) in [6, 6.07) is 5.98. The van der Waals surface area contributed by atoms with Gasteiger partial charge < -0.3 is 14.0 Å². The first-order chi connectivity index (χ1) is 11.2. The van der Waals surface area contributed by atoms with Crippen molar-refractivity contribution in [3.8, 4) is 5.75 Å². The molecule has 1 heterocycles. The van der Waals surface area contributed by atoms with Gasteiger partial charge in [0, 0.05) is 19.1 Å². The zero-order valence-corrected chi connectivity index (χ0v) is 14.4. The molecule has 0 spiro atoms. The van der Waals surface area contributed by atoms with Gasteiger partial charge in [0.1, 0.15) is 11.3 Å². The molecule has 1 aliphatic carbocycles. The van der Waals surface area contributed by atoms with Crippen molar-refractivity contribution in [2.75, 3.05) is 19.8 Å². The molecule has 5 nitrogen and oxygen atoms in total. The molecule has 1 amide bonds. The summed E-state index contributed by atoms with van der Waals surface area (Å²) in [5, 5.41) is 0. The number of benzene rings is 1. The number of ether oxygens (including phenoxy) is 2. The van der Waals surface area contributed by atoms with E-state index in [2.05, 4.69) is 9.56 Å². The van der Waals surface area contributed by atoms with Crippen LogP contribution in [0.15, 0.2) is 23.2 Å². The van der Waals surface area contributed by atoms with Crippen LogP contribution in [-0.4, -0.2) is 30.3 Å². The van der Waals surface area contributed by atoms with E-state index in [1.165, 1.54) is 11.3 Å². The number of hydrogen-bond donors (Lipinski definition) is 0. The molecule has 23 heavy (non-hydrogen) atoms. The van der Waals surface area contributed by atoms with Gasteiger partial charge in [-0.25, -0.2) is 0 Å². The highest BCUT2D eigenvalue weighted by Crippen LogP contribution is 2.31. The first-order valence-corrected chi connectivity index (χ1v) is 8.97. The Labute approximate surface area is 139 Å². The predicted octanol–water partition coefficient (Wildman–Crippen LogP) is 2.98. The summed E-state index contributed by atoms with van der Waals surface area (Å²) in [5.41, 5.74) is 1.00. The Morgan fingerprint density at radius 3 is 2.87 bits per heavy atom. The maximum absolute atomic E-state index is 12.1. The molecule has 1 aromatic heterocycles. The third kappa shape index (κ3) is 3.64. The predicted molar refractivity (Wildman–Crippen MR) is 90.8 cm³/mol. The van der Waals surface area contributed by atoms with Crippen LogP contribution in [-0.2, 0) is 16.1 Å². The van der Waals surface area contributed by atoms with E-state index in [1.54, 1.807) is 0 Å². The molecule has 3 rings (SSSR count). The fraction of sp³-hybridized carbons (Fsp3) is 0.529. The molecule has 0 atom stereocenters. The van der Waals surface area contributed by atoms with E-state index in [1.807, 2.05) is 32.0 Å². The van der Waals surface area contributed by atoms with Crippen LogP contribution in [0.4, 0.5) is 0 Å². The van der Waals surface area contributed by atoms with Crippen LogP contribution >= 0.6 is 11.3 Å². The Morgan fingerprint density at radius 2 is 2.17 bits per heavy atom. The minimum absolute atomic E-state index is 0.000300. The third-order valence-corrected chi connectivity index (χ3v) is 4.80. The topological polar surface area (TPSA) is 52.8 Å². The molecule has 1 saturated carbocycles. The standard InChI is InChI=1S/C17H22N2O3S/c1-3-21-11-10-19-15-13(22-4-2)6-5-7-14(15)23-17(19)18-16(20)12-8-9-12/h5-7,12H,3-4,8-11H2,1-2H3. The van der Waals surface area contributed by atoms with Crippen LogP contribution in [0.3, 0.4) is 0 Å². The Morgan fingerprint density at radius 1 is 1.35 bits per heavy atom. The average Bonchev–Trinajstić information content (AvgIpc) is 3.33. The van der Waals surface area contributed by atoms with Gasteiger partial charge in [0.25, 0.3) is 5.91 Å². The second kappa shape index (κ2) is 7.27. The van der Waals surface area contributed by atoms with E-state index in [4.69, 9.17) is 9.47 Å². The van der Waals surface area contributed by atoms with Gasteiger partial charge in [-0.1, -0.05) is 17.4 Å². The molecule has 0 N–H and O–H groups in total. The lowest BCUT2D eigenvalue weighted by Gasteiger charge is -2.09. The van der Waals surface area contributed by atoms with Crippen LogP contribution in [0.1, 0.15) is 26.7 Å². The summed E-state index contributed by atoms with van der Waals surface area (Å²) in [6.07, 6.45) is 1.94. The zero-order valence-electron chi connectivity index (χ0n) is 13.6. The summed E-state index contributed by atoms with van der Waals surface area (Å²) in [6.45, 7) is 6.48. The van der Waals surface area contributed by atoms with Crippen LogP contribution in [0.5, 0.6) is 5.75 Å². The highest BCUT2D eigenvalue weighted by atomic mass is 32.1. The van der Waals surface area contributed by atoms with Crippen LogP contribution in [0.2, 0.25) is 0 Å². The first-order valence-electron chi connectivity index (χ1n) is 8.16. The number of aromatic nitrogens is 1. The van der Waals surface area contributed by atoms with Gasteiger partial charge in [-0.15, -0.1) is 0 Å². The number of thiazole rings is 1. The highest BCUT2D eigenvalue weighted by Gasteiger charge is 2.29.